The number of ether oxygens (including phenoxy) is 3. The molecule has 1 saturated heterocycles. The molecule has 1 fully saturated rings. The lowest BCUT2D eigenvalue weighted by atomic mass is 9.85. The van der Waals surface area contributed by atoms with Crippen molar-refractivity contribution < 1.29 is 33.7 Å². The van der Waals surface area contributed by atoms with E-state index in [1.165, 1.54) is 13.0 Å². The first-order valence-electron chi connectivity index (χ1n) is 9.54. The molecule has 2 aliphatic rings. The van der Waals surface area contributed by atoms with E-state index >= 15 is 0 Å². The van der Waals surface area contributed by atoms with E-state index < -0.39 is 42.1 Å². The first kappa shape index (κ1) is 22.6. The summed E-state index contributed by atoms with van der Waals surface area (Å²) < 4.78 is 16.1. The average Bonchev–Trinajstić information content (AvgIpc) is 2.87. The van der Waals surface area contributed by atoms with E-state index in [4.69, 9.17) is 14.2 Å². The Bertz CT molecular complexity index is 787. The molecule has 1 aliphatic heterocycles. The molecule has 2 rings (SSSR count). The van der Waals surface area contributed by atoms with Crippen LogP contribution in [0.1, 0.15) is 40.5 Å². The second-order valence-corrected chi connectivity index (χ2v) is 7.46. The maximum absolute atomic E-state index is 12.7. The molecular formula is C22H28O7. The Kier molecular flexibility index (Phi) is 7.56. The summed E-state index contributed by atoms with van der Waals surface area (Å²) in [7, 11) is 0. The van der Waals surface area contributed by atoms with Gasteiger partial charge in [-0.05, 0) is 33.3 Å². The van der Waals surface area contributed by atoms with Crippen molar-refractivity contribution in [3.8, 4) is 0 Å². The standard InChI is InChI=1S/C22H28O7/c1-6-16(11-27-15(5)23)22(26)29-19-10-13(3)8-17(24)7-12(2)9-18-20(19)14(4)21(25)28-18/h6,8-9,17-20,24H,4,7,10-11H2,1-3,5H3/b12-9-,13-8-,16-6+. The summed E-state index contributed by atoms with van der Waals surface area (Å²) in [6.07, 6.45) is 3.68. The number of fused-ring (bicyclic) bond motifs is 1. The highest BCUT2D eigenvalue weighted by Crippen LogP contribution is 2.36. The molecule has 0 amide bonds. The topological polar surface area (TPSA) is 99.1 Å². The molecule has 0 aromatic heterocycles. The second-order valence-electron chi connectivity index (χ2n) is 7.46. The summed E-state index contributed by atoms with van der Waals surface area (Å²) in [5.74, 6) is -2.23. The fourth-order valence-electron chi connectivity index (χ4n) is 3.53. The van der Waals surface area contributed by atoms with Crippen molar-refractivity contribution in [2.45, 2.75) is 58.8 Å². The Morgan fingerprint density at radius 2 is 1.93 bits per heavy atom. The Morgan fingerprint density at radius 1 is 1.28 bits per heavy atom. The molecule has 0 radical (unpaired) electrons. The maximum atomic E-state index is 12.7. The van der Waals surface area contributed by atoms with Crippen molar-refractivity contribution in [1.29, 1.82) is 0 Å². The van der Waals surface area contributed by atoms with Crippen LogP contribution in [0.25, 0.3) is 0 Å². The Morgan fingerprint density at radius 3 is 2.55 bits per heavy atom. The van der Waals surface area contributed by atoms with Gasteiger partial charge < -0.3 is 19.3 Å². The Hall–Kier alpha value is -2.67. The smallest absolute Gasteiger partial charge is 0.337 e. The van der Waals surface area contributed by atoms with Crippen LogP contribution in [0.15, 0.2) is 47.1 Å². The summed E-state index contributed by atoms with van der Waals surface area (Å²) in [4.78, 5) is 35.9. The van der Waals surface area contributed by atoms with Gasteiger partial charge in [0.15, 0.2) is 0 Å². The molecular weight excluding hydrogens is 376 g/mol. The minimum absolute atomic E-state index is 0.193. The SMILES string of the molecule is C=C1C(=O)OC2/C=C(/C)CC(O)/C=C(/C)CC(OC(=O)/C(=C/C)COC(C)=O)C12. The van der Waals surface area contributed by atoms with Crippen LogP contribution in [0.5, 0.6) is 0 Å². The maximum Gasteiger partial charge on any atom is 0.337 e. The highest BCUT2D eigenvalue weighted by Gasteiger charge is 2.44. The normalized spacial score (nSPS) is 31.6. The molecule has 1 N–H and O–H groups in total. The molecule has 4 unspecified atom stereocenters. The van der Waals surface area contributed by atoms with Gasteiger partial charge in [-0.25, -0.2) is 9.59 Å². The van der Waals surface area contributed by atoms with Crippen LogP contribution in [0, 0.1) is 5.92 Å². The highest BCUT2D eigenvalue weighted by atomic mass is 16.6. The number of hydrogen-bond donors (Lipinski definition) is 1. The van der Waals surface area contributed by atoms with Gasteiger partial charge in [0.05, 0.1) is 17.6 Å². The molecule has 0 bridgehead atoms. The predicted octanol–water partition coefficient (Wildman–Crippen LogP) is 2.55. The summed E-state index contributed by atoms with van der Waals surface area (Å²) in [6.45, 7) is 10.2. The van der Waals surface area contributed by atoms with Crippen molar-refractivity contribution in [2.75, 3.05) is 6.61 Å². The molecule has 4 atom stereocenters. The van der Waals surface area contributed by atoms with Crippen LogP contribution in [-0.2, 0) is 28.6 Å². The van der Waals surface area contributed by atoms with Gasteiger partial charge >= 0.3 is 17.9 Å². The second kappa shape index (κ2) is 9.69. The van der Waals surface area contributed by atoms with Crippen LogP contribution in [0.4, 0.5) is 0 Å². The number of carbonyl (C=O) groups is 3. The van der Waals surface area contributed by atoms with Crippen LogP contribution < -0.4 is 0 Å². The first-order valence-corrected chi connectivity index (χ1v) is 9.54. The summed E-state index contributed by atoms with van der Waals surface area (Å²) in [6, 6.07) is 0. The van der Waals surface area contributed by atoms with E-state index in [9.17, 15) is 19.5 Å². The Labute approximate surface area is 170 Å². The average molecular weight is 404 g/mol. The molecule has 7 nitrogen and oxygen atoms in total. The van der Waals surface area contributed by atoms with E-state index in [0.29, 0.717) is 12.8 Å². The number of rotatable bonds is 4. The lowest BCUT2D eigenvalue weighted by Crippen LogP contribution is -2.34. The number of aliphatic hydroxyl groups excluding tert-OH is 1. The predicted molar refractivity (Wildman–Crippen MR) is 106 cm³/mol. The van der Waals surface area contributed by atoms with E-state index in [-0.39, 0.29) is 17.8 Å². The van der Waals surface area contributed by atoms with E-state index in [1.807, 2.05) is 13.8 Å². The number of hydrogen-bond acceptors (Lipinski definition) is 7. The van der Waals surface area contributed by atoms with Crippen molar-refractivity contribution in [3.63, 3.8) is 0 Å². The zero-order valence-corrected chi connectivity index (χ0v) is 17.3. The van der Waals surface area contributed by atoms with E-state index in [1.54, 1.807) is 19.1 Å². The Balaban J connectivity index is 2.34. The number of aliphatic hydroxyl groups is 1. The van der Waals surface area contributed by atoms with Crippen molar-refractivity contribution in [3.05, 3.63) is 47.1 Å². The van der Waals surface area contributed by atoms with Crippen LogP contribution >= 0.6 is 0 Å². The fourth-order valence-corrected chi connectivity index (χ4v) is 3.53. The number of carbonyl (C=O) groups excluding carboxylic acids is 3. The molecule has 1 heterocycles. The lowest BCUT2D eigenvalue weighted by molar-refractivity contribution is -0.148. The molecule has 158 valence electrons. The van der Waals surface area contributed by atoms with Crippen LogP contribution in [-0.4, -0.2) is 47.9 Å². The van der Waals surface area contributed by atoms with Gasteiger partial charge in [0.1, 0.15) is 18.8 Å². The van der Waals surface area contributed by atoms with Crippen LogP contribution in [0.3, 0.4) is 0 Å². The molecule has 0 saturated carbocycles. The summed E-state index contributed by atoms with van der Waals surface area (Å²) >= 11 is 0. The van der Waals surface area contributed by atoms with Gasteiger partial charge in [-0.2, -0.15) is 0 Å². The number of allylic oxidation sites excluding steroid dienone is 1. The summed E-state index contributed by atoms with van der Waals surface area (Å²) in [5.41, 5.74) is 2.11. The van der Waals surface area contributed by atoms with Crippen molar-refractivity contribution >= 4 is 17.9 Å². The minimum Gasteiger partial charge on any atom is -0.461 e. The van der Waals surface area contributed by atoms with Gasteiger partial charge in [0, 0.05) is 18.9 Å². The molecule has 29 heavy (non-hydrogen) atoms. The van der Waals surface area contributed by atoms with E-state index in [0.717, 1.165) is 11.1 Å². The van der Waals surface area contributed by atoms with Crippen molar-refractivity contribution in [2.24, 2.45) is 5.92 Å². The third kappa shape index (κ3) is 5.90. The van der Waals surface area contributed by atoms with Gasteiger partial charge in [0.2, 0.25) is 0 Å². The number of esters is 3. The van der Waals surface area contributed by atoms with Gasteiger partial charge in [0.25, 0.3) is 0 Å². The van der Waals surface area contributed by atoms with Crippen molar-refractivity contribution in [1.82, 2.24) is 0 Å². The van der Waals surface area contributed by atoms with Gasteiger partial charge in [-0.1, -0.05) is 29.9 Å². The monoisotopic (exact) mass is 404 g/mol. The third-order valence-electron chi connectivity index (χ3n) is 4.94. The quantitative estimate of drug-likeness (QED) is 0.333. The van der Waals surface area contributed by atoms with E-state index in [2.05, 4.69) is 6.58 Å². The minimum atomic E-state index is -0.732. The zero-order valence-electron chi connectivity index (χ0n) is 17.3. The zero-order chi connectivity index (χ0) is 21.7. The molecule has 0 spiro atoms. The molecule has 0 aromatic rings. The molecule has 1 aliphatic carbocycles. The molecule has 0 aromatic carbocycles. The molecule has 7 heteroatoms. The van der Waals surface area contributed by atoms with Gasteiger partial charge in [-0.15, -0.1) is 0 Å². The first-order chi connectivity index (χ1) is 13.6. The van der Waals surface area contributed by atoms with Gasteiger partial charge in [-0.3, -0.25) is 4.79 Å². The third-order valence-corrected chi connectivity index (χ3v) is 4.94. The fraction of sp³-hybridized carbons (Fsp3) is 0.500. The lowest BCUT2D eigenvalue weighted by Gasteiger charge is -2.28. The summed E-state index contributed by atoms with van der Waals surface area (Å²) in [5, 5.41) is 10.2. The largest absolute Gasteiger partial charge is 0.461 e. The highest BCUT2D eigenvalue weighted by molar-refractivity contribution is 5.92. The van der Waals surface area contributed by atoms with Crippen LogP contribution in [0.2, 0.25) is 0 Å².